The molecule has 0 atom stereocenters. The van der Waals surface area contributed by atoms with Crippen LogP contribution in [0.1, 0.15) is 5.56 Å². The second-order valence-corrected chi connectivity index (χ2v) is 4.35. The zero-order valence-electron chi connectivity index (χ0n) is 8.67. The molecule has 0 amide bonds. The fourth-order valence-electron chi connectivity index (χ4n) is 1.16. The van der Waals surface area contributed by atoms with E-state index in [2.05, 4.69) is 0 Å². The van der Waals surface area contributed by atoms with Gasteiger partial charge in [-0.25, -0.2) is 4.39 Å². The van der Waals surface area contributed by atoms with Gasteiger partial charge in [-0.1, -0.05) is 12.1 Å². The predicted molar refractivity (Wildman–Crippen MR) is 58.3 cm³/mol. The van der Waals surface area contributed by atoms with E-state index in [9.17, 15) is 17.6 Å². The molecule has 0 aliphatic heterocycles. The van der Waals surface area contributed by atoms with Crippen molar-refractivity contribution in [3.8, 4) is 0 Å². The van der Waals surface area contributed by atoms with Gasteiger partial charge in [-0.3, -0.25) is 0 Å². The summed E-state index contributed by atoms with van der Waals surface area (Å²) < 4.78 is 48.9. The van der Waals surface area contributed by atoms with Crippen molar-refractivity contribution >= 4 is 11.8 Å². The summed E-state index contributed by atoms with van der Waals surface area (Å²) in [6, 6.07) is 5.77. The molecular formula is C11H10F4OS. The average Bonchev–Trinajstić information content (AvgIpc) is 2.24. The van der Waals surface area contributed by atoms with Gasteiger partial charge in [0.05, 0.1) is 6.61 Å². The molecule has 6 heteroatoms. The number of alkyl halides is 3. The van der Waals surface area contributed by atoms with Gasteiger partial charge in [-0.05, 0) is 42.0 Å². The summed E-state index contributed by atoms with van der Waals surface area (Å²) in [5, 5.41) is 8.42. The van der Waals surface area contributed by atoms with Crippen molar-refractivity contribution < 1.29 is 22.7 Å². The Hall–Kier alpha value is -1.01. The monoisotopic (exact) mass is 266 g/mol. The Morgan fingerprint density at radius 2 is 2.06 bits per heavy atom. The second kappa shape index (κ2) is 6.07. The third-order valence-electron chi connectivity index (χ3n) is 1.84. The van der Waals surface area contributed by atoms with E-state index < -0.39 is 17.9 Å². The number of benzene rings is 1. The van der Waals surface area contributed by atoms with Crippen LogP contribution < -0.4 is 0 Å². The number of aliphatic hydroxyl groups excluding tert-OH is 1. The van der Waals surface area contributed by atoms with Gasteiger partial charge in [0.1, 0.15) is 5.83 Å². The van der Waals surface area contributed by atoms with Crippen LogP contribution in [-0.4, -0.2) is 17.2 Å². The van der Waals surface area contributed by atoms with Crippen molar-refractivity contribution in [2.75, 3.05) is 6.61 Å². The highest BCUT2D eigenvalue weighted by atomic mass is 32.2. The summed E-state index contributed by atoms with van der Waals surface area (Å²) in [4.78, 5) is 0.0628. The standard InChI is InChI=1S/C11H10F4OS/c12-9(7-16)5-4-8-2-1-3-10(6-8)17-11(13,14)15/h1-3,5-6,16H,4,7H2. The highest BCUT2D eigenvalue weighted by molar-refractivity contribution is 8.00. The highest BCUT2D eigenvalue weighted by Crippen LogP contribution is 2.36. The van der Waals surface area contributed by atoms with E-state index in [1.165, 1.54) is 18.2 Å². The first-order valence-corrected chi connectivity index (χ1v) is 5.52. The Bertz CT molecular complexity index is 401. The third-order valence-corrected chi connectivity index (χ3v) is 2.56. The van der Waals surface area contributed by atoms with Crippen molar-refractivity contribution in [3.05, 3.63) is 41.7 Å². The Kier molecular flexibility index (Phi) is 5.02. The van der Waals surface area contributed by atoms with Crippen molar-refractivity contribution in [3.63, 3.8) is 0 Å². The van der Waals surface area contributed by atoms with Gasteiger partial charge >= 0.3 is 5.51 Å². The average molecular weight is 266 g/mol. The number of hydrogen-bond acceptors (Lipinski definition) is 2. The molecule has 0 saturated carbocycles. The Labute approximate surface area is 100 Å². The number of allylic oxidation sites excluding steroid dienone is 1. The lowest BCUT2D eigenvalue weighted by Gasteiger charge is -2.06. The zero-order valence-corrected chi connectivity index (χ0v) is 9.48. The molecule has 0 radical (unpaired) electrons. The molecule has 1 aromatic carbocycles. The van der Waals surface area contributed by atoms with E-state index in [0.29, 0.717) is 5.56 Å². The van der Waals surface area contributed by atoms with Crippen LogP contribution in [0.2, 0.25) is 0 Å². The van der Waals surface area contributed by atoms with E-state index in [-0.39, 0.29) is 23.1 Å². The summed E-state index contributed by atoms with van der Waals surface area (Å²) in [6.07, 6.45) is 1.29. The Balaban J connectivity index is 2.73. The molecule has 0 heterocycles. The van der Waals surface area contributed by atoms with E-state index in [1.807, 2.05) is 0 Å². The minimum atomic E-state index is -4.33. The molecule has 0 aliphatic carbocycles. The van der Waals surface area contributed by atoms with Crippen LogP contribution >= 0.6 is 11.8 Å². The van der Waals surface area contributed by atoms with Crippen molar-refractivity contribution in [1.82, 2.24) is 0 Å². The molecule has 1 N–H and O–H groups in total. The van der Waals surface area contributed by atoms with Gasteiger partial charge in [0.25, 0.3) is 0 Å². The maximum absolute atomic E-state index is 12.6. The van der Waals surface area contributed by atoms with E-state index in [0.717, 1.165) is 6.08 Å². The van der Waals surface area contributed by atoms with Gasteiger partial charge in [-0.15, -0.1) is 0 Å². The molecule has 0 unspecified atom stereocenters. The lowest BCUT2D eigenvalue weighted by Crippen LogP contribution is -1.99. The number of thioether (sulfide) groups is 1. The molecular weight excluding hydrogens is 256 g/mol. The summed E-state index contributed by atoms with van der Waals surface area (Å²) in [5.74, 6) is -0.695. The number of aliphatic hydroxyl groups is 1. The molecule has 1 nitrogen and oxygen atoms in total. The number of rotatable bonds is 4. The largest absolute Gasteiger partial charge is 0.446 e. The van der Waals surface area contributed by atoms with Crippen LogP contribution in [0.3, 0.4) is 0 Å². The third kappa shape index (κ3) is 5.74. The molecule has 94 valence electrons. The normalized spacial score (nSPS) is 12.9. The van der Waals surface area contributed by atoms with Crippen LogP contribution in [0.5, 0.6) is 0 Å². The smallest absolute Gasteiger partial charge is 0.389 e. The second-order valence-electron chi connectivity index (χ2n) is 3.21. The number of halogens is 4. The van der Waals surface area contributed by atoms with Crippen LogP contribution in [0.25, 0.3) is 0 Å². The van der Waals surface area contributed by atoms with Crippen LogP contribution in [-0.2, 0) is 6.42 Å². The van der Waals surface area contributed by atoms with Crippen LogP contribution in [0.15, 0.2) is 41.1 Å². The maximum Gasteiger partial charge on any atom is 0.446 e. The van der Waals surface area contributed by atoms with Gasteiger partial charge in [0.15, 0.2) is 0 Å². The van der Waals surface area contributed by atoms with Gasteiger partial charge in [0.2, 0.25) is 0 Å². The summed E-state index contributed by atoms with van der Waals surface area (Å²) in [5.41, 5.74) is -3.77. The van der Waals surface area contributed by atoms with Gasteiger partial charge in [0, 0.05) is 4.90 Å². The lowest BCUT2D eigenvalue weighted by atomic mass is 10.1. The quantitative estimate of drug-likeness (QED) is 0.662. The van der Waals surface area contributed by atoms with Crippen LogP contribution in [0.4, 0.5) is 17.6 Å². The first-order chi connectivity index (χ1) is 7.90. The minimum Gasteiger partial charge on any atom is -0.389 e. The zero-order chi connectivity index (χ0) is 12.9. The topological polar surface area (TPSA) is 20.2 Å². The summed E-state index contributed by atoms with van der Waals surface area (Å²) in [6.45, 7) is -0.697. The summed E-state index contributed by atoms with van der Waals surface area (Å²) in [7, 11) is 0. The molecule has 0 aromatic heterocycles. The summed E-state index contributed by atoms with van der Waals surface area (Å²) >= 11 is -0.209. The fourth-order valence-corrected chi connectivity index (χ4v) is 1.79. The van der Waals surface area contributed by atoms with Crippen molar-refractivity contribution in [1.29, 1.82) is 0 Å². The number of hydrogen-bond donors (Lipinski definition) is 1. The van der Waals surface area contributed by atoms with E-state index in [1.54, 1.807) is 6.07 Å². The Morgan fingerprint density at radius 3 is 2.65 bits per heavy atom. The molecule has 1 rings (SSSR count). The van der Waals surface area contributed by atoms with Crippen molar-refractivity contribution in [2.24, 2.45) is 0 Å². The molecule has 0 bridgehead atoms. The predicted octanol–water partition coefficient (Wildman–Crippen LogP) is 3.69. The minimum absolute atomic E-state index is 0.0628. The fraction of sp³-hybridized carbons (Fsp3) is 0.273. The maximum atomic E-state index is 12.6. The first kappa shape index (κ1) is 14.1. The molecule has 0 fully saturated rings. The molecule has 0 spiro atoms. The molecule has 17 heavy (non-hydrogen) atoms. The highest BCUT2D eigenvalue weighted by Gasteiger charge is 2.29. The van der Waals surface area contributed by atoms with E-state index >= 15 is 0 Å². The first-order valence-electron chi connectivity index (χ1n) is 4.71. The lowest BCUT2D eigenvalue weighted by molar-refractivity contribution is -0.0328. The molecule has 1 aromatic rings. The Morgan fingerprint density at radius 1 is 1.35 bits per heavy atom. The van der Waals surface area contributed by atoms with Crippen LogP contribution in [0, 0.1) is 0 Å². The van der Waals surface area contributed by atoms with Gasteiger partial charge in [-0.2, -0.15) is 13.2 Å². The molecule has 0 aliphatic rings. The molecule has 0 saturated heterocycles. The van der Waals surface area contributed by atoms with Crippen molar-refractivity contribution in [2.45, 2.75) is 16.8 Å². The SMILES string of the molecule is OCC(F)=CCc1cccc(SC(F)(F)F)c1. The van der Waals surface area contributed by atoms with E-state index in [4.69, 9.17) is 5.11 Å². The van der Waals surface area contributed by atoms with Gasteiger partial charge < -0.3 is 5.11 Å².